The number of amides is 1. The molecule has 1 amide bonds. The fraction of sp³-hybridized carbons (Fsp3) is 0.238. The van der Waals surface area contributed by atoms with Crippen molar-refractivity contribution in [3.05, 3.63) is 65.5 Å². The number of sulfone groups is 1. The van der Waals surface area contributed by atoms with Gasteiger partial charge in [-0.3, -0.25) is 4.79 Å². The second kappa shape index (κ2) is 8.69. The van der Waals surface area contributed by atoms with Crippen LogP contribution in [0.5, 0.6) is 0 Å². The summed E-state index contributed by atoms with van der Waals surface area (Å²) in [6.45, 7) is 7.55. The van der Waals surface area contributed by atoms with Crippen molar-refractivity contribution >= 4 is 49.1 Å². The largest absolute Gasteiger partial charge is 0.312 e. The van der Waals surface area contributed by atoms with Crippen LogP contribution in [0.25, 0.3) is 10.2 Å². The van der Waals surface area contributed by atoms with Gasteiger partial charge in [0, 0.05) is 17.0 Å². The molecule has 0 unspecified atom stereocenters. The van der Waals surface area contributed by atoms with Gasteiger partial charge in [0.05, 0.1) is 20.4 Å². The highest BCUT2D eigenvalue weighted by atomic mass is 32.2. The smallest absolute Gasteiger partial charge is 0.279 e. The number of thioether (sulfide) groups is 1. The number of benzene rings is 2. The molecule has 0 N–H and O–H groups in total. The van der Waals surface area contributed by atoms with Crippen molar-refractivity contribution in [2.75, 3.05) is 6.26 Å². The van der Waals surface area contributed by atoms with E-state index in [2.05, 4.69) is 17.6 Å². The third-order valence-electron chi connectivity index (χ3n) is 4.43. The second-order valence-corrected chi connectivity index (χ2v) is 11.0. The van der Waals surface area contributed by atoms with Gasteiger partial charge < -0.3 is 4.57 Å². The predicted molar refractivity (Wildman–Crippen MR) is 120 cm³/mol. The number of aromatic nitrogens is 1. The number of carbonyl (C=O) groups excluding carboxylic acids is 1. The molecule has 152 valence electrons. The minimum Gasteiger partial charge on any atom is -0.312 e. The van der Waals surface area contributed by atoms with Gasteiger partial charge in [-0.25, -0.2) is 8.42 Å². The van der Waals surface area contributed by atoms with Crippen molar-refractivity contribution in [1.82, 2.24) is 4.57 Å². The van der Waals surface area contributed by atoms with Crippen LogP contribution in [0.1, 0.15) is 24.2 Å². The van der Waals surface area contributed by atoms with Crippen molar-refractivity contribution in [3.63, 3.8) is 0 Å². The summed E-state index contributed by atoms with van der Waals surface area (Å²) < 4.78 is 27.8. The Bertz CT molecular complexity index is 1250. The molecule has 2 aromatic carbocycles. The molecule has 0 aliphatic heterocycles. The van der Waals surface area contributed by atoms with Crippen molar-refractivity contribution in [3.8, 4) is 0 Å². The average Bonchev–Trinajstić information content (AvgIpc) is 3.04. The summed E-state index contributed by atoms with van der Waals surface area (Å²) in [5, 5.41) is -0.562. The lowest BCUT2D eigenvalue weighted by Crippen LogP contribution is -2.17. The van der Waals surface area contributed by atoms with E-state index >= 15 is 0 Å². The predicted octanol–water partition coefficient (Wildman–Crippen LogP) is 4.53. The zero-order valence-corrected chi connectivity index (χ0v) is 18.9. The molecule has 0 spiro atoms. The Kier molecular flexibility index (Phi) is 6.45. The Balaban J connectivity index is 2.11. The highest BCUT2D eigenvalue weighted by molar-refractivity contribution is 7.98. The third kappa shape index (κ3) is 4.39. The van der Waals surface area contributed by atoms with Crippen LogP contribution in [0.2, 0.25) is 0 Å². The molecule has 29 heavy (non-hydrogen) atoms. The molecule has 0 radical (unpaired) electrons. The summed E-state index contributed by atoms with van der Waals surface area (Å²) in [5.41, 5.74) is 1.23. The fourth-order valence-electron chi connectivity index (χ4n) is 2.80. The Morgan fingerprint density at radius 1 is 1.28 bits per heavy atom. The summed E-state index contributed by atoms with van der Waals surface area (Å²) in [6, 6.07) is 12.2. The topological polar surface area (TPSA) is 68.5 Å². The van der Waals surface area contributed by atoms with Gasteiger partial charge in [0.1, 0.15) is 0 Å². The first kappa shape index (κ1) is 21.5. The molecule has 0 bridgehead atoms. The van der Waals surface area contributed by atoms with Crippen LogP contribution in [-0.4, -0.2) is 30.4 Å². The number of allylic oxidation sites excluding steroid dienone is 1. The van der Waals surface area contributed by atoms with Crippen LogP contribution in [0.4, 0.5) is 0 Å². The van der Waals surface area contributed by atoms with Gasteiger partial charge in [0.25, 0.3) is 5.91 Å². The van der Waals surface area contributed by atoms with Gasteiger partial charge in [-0.05, 0) is 56.5 Å². The maximum absolute atomic E-state index is 12.8. The van der Waals surface area contributed by atoms with Gasteiger partial charge in [-0.2, -0.15) is 4.99 Å². The molecule has 0 saturated carbocycles. The highest BCUT2D eigenvalue weighted by Gasteiger charge is 2.20. The summed E-state index contributed by atoms with van der Waals surface area (Å²) in [4.78, 5) is 18.9. The molecule has 0 saturated heterocycles. The van der Waals surface area contributed by atoms with E-state index < -0.39 is 21.0 Å². The quantitative estimate of drug-likeness (QED) is 0.412. The second-order valence-electron chi connectivity index (χ2n) is 6.66. The van der Waals surface area contributed by atoms with Gasteiger partial charge in [0.15, 0.2) is 14.6 Å². The Morgan fingerprint density at radius 2 is 2.03 bits per heavy atom. The van der Waals surface area contributed by atoms with E-state index in [0.29, 0.717) is 11.3 Å². The lowest BCUT2D eigenvalue weighted by atomic mass is 10.2. The number of hydrogen-bond donors (Lipinski definition) is 0. The van der Waals surface area contributed by atoms with Crippen molar-refractivity contribution < 1.29 is 13.2 Å². The molecule has 3 aromatic rings. The van der Waals surface area contributed by atoms with Crippen molar-refractivity contribution in [2.45, 2.75) is 35.4 Å². The number of rotatable bonds is 6. The van der Waals surface area contributed by atoms with Gasteiger partial charge >= 0.3 is 0 Å². The van der Waals surface area contributed by atoms with Gasteiger partial charge in [-0.15, -0.1) is 18.3 Å². The first-order valence-corrected chi connectivity index (χ1v) is 12.6. The van der Waals surface area contributed by atoms with Gasteiger partial charge in [0.2, 0.25) is 0 Å². The van der Waals surface area contributed by atoms with E-state index in [9.17, 15) is 13.2 Å². The SMILES string of the molecule is C=CCn1c(=NC(=O)c2cccc(S(=O)(=O)C(C)C)c2)sc2cc(SC)ccc21. The Morgan fingerprint density at radius 3 is 2.69 bits per heavy atom. The molecule has 0 atom stereocenters. The van der Waals surface area contributed by atoms with Crippen LogP contribution >= 0.6 is 23.1 Å². The maximum atomic E-state index is 12.8. The van der Waals surface area contributed by atoms with E-state index in [1.54, 1.807) is 43.8 Å². The number of nitrogens with zero attached hydrogens (tertiary/aromatic N) is 2. The normalized spacial score (nSPS) is 12.6. The number of hydrogen-bond acceptors (Lipinski definition) is 5. The Hall–Kier alpha value is -2.16. The monoisotopic (exact) mass is 446 g/mol. The van der Waals surface area contributed by atoms with E-state index in [0.717, 1.165) is 15.1 Å². The third-order valence-corrected chi connectivity index (χ3v) is 8.35. The van der Waals surface area contributed by atoms with Crippen LogP contribution < -0.4 is 4.80 Å². The number of carbonyl (C=O) groups is 1. The average molecular weight is 447 g/mol. The van der Waals surface area contributed by atoms with E-state index in [1.807, 2.05) is 23.0 Å². The van der Waals surface area contributed by atoms with Crippen molar-refractivity contribution in [1.29, 1.82) is 0 Å². The summed E-state index contributed by atoms with van der Waals surface area (Å²) in [5.74, 6) is -0.472. The first-order valence-electron chi connectivity index (χ1n) is 8.99. The van der Waals surface area contributed by atoms with Crippen LogP contribution in [0.3, 0.4) is 0 Å². The number of thiazole rings is 1. The van der Waals surface area contributed by atoms with E-state index in [-0.39, 0.29) is 10.5 Å². The van der Waals surface area contributed by atoms with Crippen molar-refractivity contribution in [2.24, 2.45) is 4.99 Å². The number of fused-ring (bicyclic) bond motifs is 1. The van der Waals surface area contributed by atoms with Crippen LogP contribution in [0, 0.1) is 0 Å². The van der Waals surface area contributed by atoms with Crippen LogP contribution in [0.15, 0.2) is 69.9 Å². The van der Waals surface area contributed by atoms with Crippen LogP contribution in [-0.2, 0) is 16.4 Å². The Labute approximate surface area is 178 Å². The molecule has 5 nitrogen and oxygen atoms in total. The minimum absolute atomic E-state index is 0.133. The zero-order chi connectivity index (χ0) is 21.2. The maximum Gasteiger partial charge on any atom is 0.279 e. The fourth-order valence-corrected chi connectivity index (χ4v) is 5.50. The van der Waals surface area contributed by atoms with E-state index in [4.69, 9.17) is 0 Å². The molecular weight excluding hydrogens is 424 g/mol. The molecule has 1 heterocycles. The summed E-state index contributed by atoms with van der Waals surface area (Å²) in [7, 11) is -3.46. The minimum atomic E-state index is -3.46. The molecule has 0 aliphatic rings. The molecule has 0 aliphatic carbocycles. The summed E-state index contributed by atoms with van der Waals surface area (Å²) in [6.07, 6.45) is 3.77. The lowest BCUT2D eigenvalue weighted by Gasteiger charge is -2.08. The standard InChI is InChI=1S/C21H22N2O3S3/c1-5-11-23-18-10-9-16(27-4)13-19(18)28-21(23)22-20(24)15-7-6-8-17(12-15)29(25,26)14(2)3/h5-10,12-14H,1,11H2,2-4H3. The first-order chi connectivity index (χ1) is 13.8. The molecule has 0 fully saturated rings. The van der Waals surface area contributed by atoms with E-state index in [1.165, 1.54) is 23.5 Å². The van der Waals surface area contributed by atoms with Gasteiger partial charge in [-0.1, -0.05) is 23.5 Å². The zero-order valence-electron chi connectivity index (χ0n) is 16.5. The molecule has 1 aromatic heterocycles. The summed E-state index contributed by atoms with van der Waals surface area (Å²) >= 11 is 3.08. The lowest BCUT2D eigenvalue weighted by molar-refractivity contribution is 0.0997. The molecule has 3 rings (SSSR count). The molecular formula is C21H22N2O3S3. The molecule has 8 heteroatoms. The highest BCUT2D eigenvalue weighted by Crippen LogP contribution is 2.24.